The third kappa shape index (κ3) is 4.23. The molecule has 2 aliphatic heterocycles. The summed E-state index contributed by atoms with van der Waals surface area (Å²) in [6.45, 7) is 1.97. The Hall–Kier alpha value is -2.57. The highest BCUT2D eigenvalue weighted by atomic mass is 16.5. The Kier molecular flexibility index (Phi) is 5.48. The van der Waals surface area contributed by atoms with Crippen LogP contribution in [0.15, 0.2) is 30.3 Å². The molecule has 1 aliphatic carbocycles. The first-order valence-electron chi connectivity index (χ1n) is 10.5. The van der Waals surface area contributed by atoms with Gasteiger partial charge in [0.15, 0.2) is 0 Å². The van der Waals surface area contributed by atoms with E-state index in [2.05, 4.69) is 27.1 Å². The zero-order valence-corrected chi connectivity index (χ0v) is 16.9. The molecule has 2 heterocycles. The number of piperidine rings is 2. The molecule has 4 rings (SSSR count). The van der Waals surface area contributed by atoms with Crippen LogP contribution in [0.25, 0.3) is 0 Å². The molecule has 1 N–H and O–H groups in total. The first-order valence-corrected chi connectivity index (χ1v) is 10.5. The van der Waals surface area contributed by atoms with Crippen LogP contribution in [0, 0.1) is 5.41 Å². The Labute approximate surface area is 171 Å². The van der Waals surface area contributed by atoms with E-state index in [4.69, 9.17) is 0 Å². The SMILES string of the molecule is COC(=O)CNC(=O)N1CCC2(CC1)CC(c1ccccc1)C(=O)N(C1CC1)C2. The average molecular weight is 399 g/mol. The van der Waals surface area contributed by atoms with Crippen molar-refractivity contribution in [3.8, 4) is 0 Å². The maximum absolute atomic E-state index is 13.2. The number of carbonyl (C=O) groups excluding carboxylic acids is 3. The number of amides is 3. The Balaban J connectivity index is 1.44. The van der Waals surface area contributed by atoms with Gasteiger partial charge in [-0.3, -0.25) is 9.59 Å². The first kappa shape index (κ1) is 19.7. The van der Waals surface area contributed by atoms with Crippen LogP contribution in [-0.4, -0.2) is 67.0 Å². The second-order valence-corrected chi connectivity index (χ2v) is 8.59. The van der Waals surface area contributed by atoms with Crippen molar-refractivity contribution in [2.45, 2.75) is 44.1 Å². The molecule has 0 bridgehead atoms. The lowest BCUT2D eigenvalue weighted by Gasteiger charge is -2.50. The quantitative estimate of drug-likeness (QED) is 0.787. The van der Waals surface area contributed by atoms with Crippen LogP contribution in [0.1, 0.15) is 43.6 Å². The number of methoxy groups -OCH3 is 1. The van der Waals surface area contributed by atoms with Crippen molar-refractivity contribution < 1.29 is 19.1 Å². The van der Waals surface area contributed by atoms with Gasteiger partial charge >= 0.3 is 12.0 Å². The summed E-state index contributed by atoms with van der Waals surface area (Å²) < 4.78 is 4.57. The third-order valence-electron chi connectivity index (χ3n) is 6.64. The van der Waals surface area contributed by atoms with E-state index >= 15 is 0 Å². The summed E-state index contributed by atoms with van der Waals surface area (Å²) in [5, 5.41) is 2.62. The molecule has 1 spiro atoms. The van der Waals surface area contributed by atoms with Gasteiger partial charge in [0.05, 0.1) is 13.0 Å². The summed E-state index contributed by atoms with van der Waals surface area (Å²) in [5.74, 6) is -0.281. The van der Waals surface area contributed by atoms with Gasteiger partial charge in [0.2, 0.25) is 5.91 Å². The van der Waals surface area contributed by atoms with E-state index in [1.165, 1.54) is 7.11 Å². The van der Waals surface area contributed by atoms with Crippen molar-refractivity contribution in [2.24, 2.45) is 5.41 Å². The summed E-state index contributed by atoms with van der Waals surface area (Å²) in [6.07, 6.45) is 4.80. The van der Waals surface area contributed by atoms with Gasteiger partial charge in [-0.05, 0) is 43.1 Å². The highest BCUT2D eigenvalue weighted by Gasteiger charge is 2.49. The molecule has 7 nitrogen and oxygen atoms in total. The highest BCUT2D eigenvalue weighted by molar-refractivity contribution is 5.85. The van der Waals surface area contributed by atoms with E-state index in [0.717, 1.165) is 44.2 Å². The lowest BCUT2D eigenvalue weighted by atomic mass is 9.67. The Morgan fingerprint density at radius 3 is 2.48 bits per heavy atom. The molecule has 7 heteroatoms. The number of hydrogen-bond donors (Lipinski definition) is 1. The van der Waals surface area contributed by atoms with E-state index in [1.807, 2.05) is 18.2 Å². The van der Waals surface area contributed by atoms with Gasteiger partial charge in [-0.1, -0.05) is 30.3 Å². The standard InChI is InChI=1S/C22H29N3O4/c1-29-19(26)14-23-21(28)24-11-9-22(10-12-24)13-18(16-5-3-2-4-6-16)20(27)25(15-22)17-7-8-17/h2-6,17-18H,7-15H2,1H3,(H,23,28). The van der Waals surface area contributed by atoms with Crippen LogP contribution in [0.2, 0.25) is 0 Å². The maximum Gasteiger partial charge on any atom is 0.325 e. The van der Waals surface area contributed by atoms with Gasteiger partial charge in [0, 0.05) is 25.7 Å². The molecule has 29 heavy (non-hydrogen) atoms. The molecule has 3 aliphatic rings. The van der Waals surface area contributed by atoms with Gasteiger partial charge in [-0.2, -0.15) is 0 Å². The number of carbonyl (C=O) groups is 3. The average Bonchev–Trinajstić information content (AvgIpc) is 3.60. The summed E-state index contributed by atoms with van der Waals surface area (Å²) in [4.78, 5) is 40.7. The maximum atomic E-state index is 13.2. The second kappa shape index (κ2) is 8.05. The fraction of sp³-hybridized carbons (Fsp3) is 0.591. The Morgan fingerprint density at radius 2 is 1.86 bits per heavy atom. The molecule has 3 amide bonds. The zero-order valence-electron chi connectivity index (χ0n) is 16.9. The summed E-state index contributed by atoms with van der Waals surface area (Å²) in [7, 11) is 1.30. The molecular weight excluding hydrogens is 370 g/mol. The molecule has 1 unspecified atom stereocenters. The van der Waals surface area contributed by atoms with Gasteiger partial charge in [0.1, 0.15) is 6.54 Å². The number of benzene rings is 1. The van der Waals surface area contributed by atoms with Crippen LogP contribution in [0.3, 0.4) is 0 Å². The molecule has 0 aromatic heterocycles. The molecule has 1 aromatic rings. The van der Waals surface area contributed by atoms with Crippen molar-refractivity contribution >= 4 is 17.9 Å². The van der Waals surface area contributed by atoms with E-state index in [-0.39, 0.29) is 29.8 Å². The van der Waals surface area contributed by atoms with Crippen molar-refractivity contribution in [3.63, 3.8) is 0 Å². The molecule has 1 atom stereocenters. The largest absolute Gasteiger partial charge is 0.468 e. The fourth-order valence-electron chi connectivity index (χ4n) is 4.74. The van der Waals surface area contributed by atoms with Crippen molar-refractivity contribution in [3.05, 3.63) is 35.9 Å². The van der Waals surface area contributed by atoms with Crippen LogP contribution in [0.4, 0.5) is 4.79 Å². The number of esters is 1. The minimum atomic E-state index is -0.455. The van der Waals surface area contributed by atoms with Gasteiger partial charge in [-0.15, -0.1) is 0 Å². The number of hydrogen-bond acceptors (Lipinski definition) is 4. The number of nitrogens with one attached hydrogen (secondary N) is 1. The van der Waals surface area contributed by atoms with Crippen molar-refractivity contribution in [1.29, 1.82) is 0 Å². The molecule has 156 valence electrons. The minimum Gasteiger partial charge on any atom is -0.468 e. The third-order valence-corrected chi connectivity index (χ3v) is 6.64. The van der Waals surface area contributed by atoms with Crippen LogP contribution >= 0.6 is 0 Å². The van der Waals surface area contributed by atoms with Gasteiger partial charge in [0.25, 0.3) is 0 Å². The molecule has 0 radical (unpaired) electrons. The van der Waals surface area contributed by atoms with E-state index < -0.39 is 5.97 Å². The normalized spacial score (nSPS) is 23.8. The summed E-state index contributed by atoms with van der Waals surface area (Å²) in [6, 6.07) is 10.3. The monoisotopic (exact) mass is 399 g/mol. The van der Waals surface area contributed by atoms with Crippen molar-refractivity contribution in [1.82, 2.24) is 15.1 Å². The lowest BCUT2D eigenvalue weighted by Crippen LogP contribution is -2.56. The first-order chi connectivity index (χ1) is 14.0. The number of likely N-dealkylation sites (tertiary alicyclic amines) is 2. The minimum absolute atomic E-state index is 0.0517. The molecule has 3 fully saturated rings. The highest BCUT2D eigenvalue weighted by Crippen LogP contribution is 2.48. The topological polar surface area (TPSA) is 79.0 Å². The number of rotatable bonds is 4. The predicted octanol–water partition coefficient (Wildman–Crippen LogP) is 2.13. The number of ether oxygens (including phenoxy) is 1. The zero-order chi connectivity index (χ0) is 20.4. The van der Waals surface area contributed by atoms with Crippen LogP contribution in [0.5, 0.6) is 0 Å². The lowest BCUT2D eigenvalue weighted by molar-refractivity contribution is -0.142. The van der Waals surface area contributed by atoms with E-state index in [0.29, 0.717) is 19.1 Å². The Bertz CT molecular complexity index is 770. The molecule has 1 saturated carbocycles. The fourth-order valence-corrected chi connectivity index (χ4v) is 4.74. The number of urea groups is 1. The van der Waals surface area contributed by atoms with E-state index in [1.54, 1.807) is 4.90 Å². The number of nitrogens with zero attached hydrogens (tertiary/aromatic N) is 2. The Morgan fingerprint density at radius 1 is 1.17 bits per heavy atom. The molecule has 2 saturated heterocycles. The van der Waals surface area contributed by atoms with Crippen LogP contribution in [-0.2, 0) is 14.3 Å². The summed E-state index contributed by atoms with van der Waals surface area (Å²) in [5.41, 5.74) is 1.15. The predicted molar refractivity (Wildman–Crippen MR) is 107 cm³/mol. The van der Waals surface area contributed by atoms with Gasteiger partial charge < -0.3 is 19.9 Å². The second-order valence-electron chi connectivity index (χ2n) is 8.59. The summed E-state index contributed by atoms with van der Waals surface area (Å²) >= 11 is 0. The molecular formula is C22H29N3O4. The smallest absolute Gasteiger partial charge is 0.325 e. The molecule has 1 aromatic carbocycles. The van der Waals surface area contributed by atoms with Crippen molar-refractivity contribution in [2.75, 3.05) is 33.3 Å². The van der Waals surface area contributed by atoms with Crippen LogP contribution < -0.4 is 5.32 Å². The van der Waals surface area contributed by atoms with E-state index in [9.17, 15) is 14.4 Å². The van der Waals surface area contributed by atoms with Gasteiger partial charge in [-0.25, -0.2) is 4.79 Å².